The molecule has 2 unspecified atom stereocenters. The van der Waals surface area contributed by atoms with Crippen molar-refractivity contribution in [2.75, 3.05) is 0 Å². The van der Waals surface area contributed by atoms with Crippen molar-refractivity contribution in [1.82, 2.24) is 0 Å². The third-order valence-corrected chi connectivity index (χ3v) is 2.74. The average Bonchev–Trinajstić information content (AvgIpc) is 1.86. The van der Waals surface area contributed by atoms with Gasteiger partial charge in [0.15, 0.2) is 17.4 Å². The number of carboxylic acids is 1. The molecule has 3 heteroatoms. The van der Waals surface area contributed by atoms with Gasteiger partial charge in [0.25, 0.3) is 0 Å². The first-order valence-electron chi connectivity index (χ1n) is 4.28. The first kappa shape index (κ1) is 12.0. The Kier molecular flexibility index (Phi) is 4.30. The molecule has 1 N–H and O–H groups in total. The molecular weight excluding hydrogens is 167 g/mol. The lowest BCUT2D eigenvalue weighted by Crippen LogP contribution is -2.32. The molecule has 1 rings (SSSR count). The van der Waals surface area contributed by atoms with E-state index in [0.717, 1.165) is 19.3 Å². The molecule has 1 aliphatic rings. The van der Waals surface area contributed by atoms with Gasteiger partial charge in [0.2, 0.25) is 0 Å². The van der Waals surface area contributed by atoms with Crippen LogP contribution in [0.3, 0.4) is 0 Å². The molecule has 0 aromatic carbocycles. The summed E-state index contributed by atoms with van der Waals surface area (Å²) in [6.07, 6.45) is 3.97. The highest BCUT2D eigenvalue weighted by Gasteiger charge is 2.36. The Morgan fingerprint density at radius 2 is 2.17 bits per heavy atom. The summed E-state index contributed by atoms with van der Waals surface area (Å²) in [4.78, 5) is 10.8. The Balaban J connectivity index is 0.00000121. The standard InChI is InChI=1S/C9H16O2.Al.3H/c1-7-4-3-5-9(2,6-7)8(10)11;;;;/h7H,3-6H2,1-2H3,(H,10,11);;;;. The van der Waals surface area contributed by atoms with Crippen LogP contribution in [0.5, 0.6) is 0 Å². The summed E-state index contributed by atoms with van der Waals surface area (Å²) >= 11 is 0. The summed E-state index contributed by atoms with van der Waals surface area (Å²) in [5.74, 6) is -0.0334. The lowest BCUT2D eigenvalue weighted by Gasteiger charge is -2.32. The van der Waals surface area contributed by atoms with E-state index in [1.807, 2.05) is 6.92 Å². The summed E-state index contributed by atoms with van der Waals surface area (Å²) in [6, 6.07) is 0. The second-order valence-corrected chi connectivity index (χ2v) is 4.07. The van der Waals surface area contributed by atoms with Gasteiger partial charge >= 0.3 is 5.97 Å². The van der Waals surface area contributed by atoms with E-state index in [4.69, 9.17) is 5.11 Å². The lowest BCUT2D eigenvalue weighted by atomic mass is 9.71. The Morgan fingerprint density at radius 1 is 1.58 bits per heavy atom. The number of hydrogen-bond donors (Lipinski definition) is 1. The molecule has 0 aliphatic heterocycles. The molecular formula is C9H19AlO2. The quantitative estimate of drug-likeness (QED) is 0.623. The van der Waals surface area contributed by atoms with Crippen molar-refractivity contribution >= 4 is 23.3 Å². The van der Waals surface area contributed by atoms with Crippen LogP contribution in [0.4, 0.5) is 0 Å². The lowest BCUT2D eigenvalue weighted by molar-refractivity contribution is -0.150. The topological polar surface area (TPSA) is 37.3 Å². The Hall–Kier alpha value is 0.00247. The van der Waals surface area contributed by atoms with Gasteiger partial charge in [0, 0.05) is 0 Å². The predicted octanol–water partition coefficient (Wildman–Crippen LogP) is 1.10. The maximum atomic E-state index is 10.8. The number of rotatable bonds is 1. The molecule has 1 saturated carbocycles. The second kappa shape index (κ2) is 4.30. The molecule has 0 spiro atoms. The number of carboxylic acid groups (broad SMARTS) is 1. The highest BCUT2D eigenvalue weighted by atomic mass is 27.0. The highest BCUT2D eigenvalue weighted by molar-refractivity contribution is 5.75. The largest absolute Gasteiger partial charge is 0.481 e. The van der Waals surface area contributed by atoms with Crippen LogP contribution in [-0.2, 0) is 4.79 Å². The van der Waals surface area contributed by atoms with Gasteiger partial charge in [-0.3, -0.25) is 4.79 Å². The van der Waals surface area contributed by atoms with Gasteiger partial charge in [-0.1, -0.05) is 19.8 Å². The zero-order valence-corrected chi connectivity index (χ0v) is 7.26. The first-order chi connectivity index (χ1) is 5.04. The Bertz CT molecular complexity index is 170. The van der Waals surface area contributed by atoms with Crippen LogP contribution in [0.25, 0.3) is 0 Å². The summed E-state index contributed by atoms with van der Waals surface area (Å²) < 4.78 is 0. The molecule has 0 bridgehead atoms. The van der Waals surface area contributed by atoms with Crippen LogP contribution in [0.1, 0.15) is 39.5 Å². The fourth-order valence-corrected chi connectivity index (χ4v) is 2.01. The third-order valence-electron chi connectivity index (χ3n) is 2.74. The summed E-state index contributed by atoms with van der Waals surface area (Å²) in [7, 11) is 0. The van der Waals surface area contributed by atoms with Crippen LogP contribution in [0, 0.1) is 11.3 Å². The first-order valence-corrected chi connectivity index (χ1v) is 4.28. The van der Waals surface area contributed by atoms with Gasteiger partial charge in [-0.25, -0.2) is 0 Å². The van der Waals surface area contributed by atoms with Crippen molar-refractivity contribution in [2.45, 2.75) is 39.5 Å². The fraction of sp³-hybridized carbons (Fsp3) is 0.889. The predicted molar refractivity (Wildman–Crippen MR) is 53.3 cm³/mol. The van der Waals surface area contributed by atoms with Gasteiger partial charge in [0.05, 0.1) is 5.41 Å². The van der Waals surface area contributed by atoms with E-state index in [1.54, 1.807) is 0 Å². The van der Waals surface area contributed by atoms with Crippen molar-refractivity contribution in [3.63, 3.8) is 0 Å². The van der Waals surface area contributed by atoms with E-state index >= 15 is 0 Å². The molecule has 1 fully saturated rings. The van der Waals surface area contributed by atoms with E-state index < -0.39 is 11.4 Å². The SMILES string of the molecule is CC1CCCC(C)(C(=O)O)C1.[AlH3]. The average molecular weight is 186 g/mol. The van der Waals surface area contributed by atoms with E-state index in [9.17, 15) is 4.79 Å². The molecule has 0 heterocycles. The minimum Gasteiger partial charge on any atom is -0.481 e. The van der Waals surface area contributed by atoms with Crippen LogP contribution in [-0.4, -0.2) is 28.4 Å². The Morgan fingerprint density at radius 3 is 2.50 bits per heavy atom. The molecule has 70 valence electrons. The second-order valence-electron chi connectivity index (χ2n) is 4.07. The number of aliphatic carboxylic acids is 1. The minimum atomic E-state index is -0.621. The van der Waals surface area contributed by atoms with Crippen LogP contribution >= 0.6 is 0 Å². The maximum Gasteiger partial charge on any atom is 0.309 e. The van der Waals surface area contributed by atoms with Crippen LogP contribution in [0.2, 0.25) is 0 Å². The molecule has 2 atom stereocenters. The van der Waals surface area contributed by atoms with Crippen molar-refractivity contribution in [1.29, 1.82) is 0 Å². The van der Waals surface area contributed by atoms with Crippen LogP contribution < -0.4 is 0 Å². The summed E-state index contributed by atoms with van der Waals surface area (Å²) in [5, 5.41) is 8.92. The van der Waals surface area contributed by atoms with Gasteiger partial charge in [0.1, 0.15) is 0 Å². The minimum absolute atomic E-state index is 0. The molecule has 0 amide bonds. The van der Waals surface area contributed by atoms with Gasteiger partial charge in [-0.2, -0.15) is 0 Å². The maximum absolute atomic E-state index is 10.8. The smallest absolute Gasteiger partial charge is 0.309 e. The van der Waals surface area contributed by atoms with Crippen molar-refractivity contribution in [3.8, 4) is 0 Å². The monoisotopic (exact) mass is 186 g/mol. The zero-order valence-electron chi connectivity index (χ0n) is 7.26. The number of carbonyl (C=O) groups is 1. The van der Waals surface area contributed by atoms with Gasteiger partial charge in [-0.05, 0) is 25.7 Å². The van der Waals surface area contributed by atoms with Crippen molar-refractivity contribution in [2.24, 2.45) is 11.3 Å². The van der Waals surface area contributed by atoms with E-state index in [1.165, 1.54) is 6.42 Å². The molecule has 0 aromatic rings. The van der Waals surface area contributed by atoms with Crippen molar-refractivity contribution in [3.05, 3.63) is 0 Å². The van der Waals surface area contributed by atoms with E-state index in [0.29, 0.717) is 5.92 Å². The van der Waals surface area contributed by atoms with Gasteiger partial charge < -0.3 is 5.11 Å². The zero-order chi connectivity index (χ0) is 8.48. The molecule has 1 aliphatic carbocycles. The fourth-order valence-electron chi connectivity index (χ4n) is 2.01. The summed E-state index contributed by atoms with van der Waals surface area (Å²) in [6.45, 7) is 4.01. The normalized spacial score (nSPS) is 35.3. The van der Waals surface area contributed by atoms with E-state index in [2.05, 4.69) is 6.92 Å². The highest BCUT2D eigenvalue weighted by Crippen LogP contribution is 2.38. The molecule has 0 radical (unpaired) electrons. The molecule has 12 heavy (non-hydrogen) atoms. The van der Waals surface area contributed by atoms with Crippen molar-refractivity contribution < 1.29 is 9.90 Å². The number of hydrogen-bond acceptors (Lipinski definition) is 1. The van der Waals surface area contributed by atoms with Crippen LogP contribution in [0.15, 0.2) is 0 Å². The third kappa shape index (κ3) is 2.50. The van der Waals surface area contributed by atoms with E-state index in [-0.39, 0.29) is 17.4 Å². The molecule has 0 saturated heterocycles. The van der Waals surface area contributed by atoms with Gasteiger partial charge in [-0.15, -0.1) is 0 Å². The Labute approximate surface area is 84.5 Å². The molecule has 0 aromatic heterocycles. The molecule has 2 nitrogen and oxygen atoms in total. The summed E-state index contributed by atoms with van der Waals surface area (Å²) in [5.41, 5.74) is -0.433.